The molecule has 0 spiro atoms. The molecule has 0 amide bonds. The minimum absolute atomic E-state index is 1.30. The van der Waals surface area contributed by atoms with Gasteiger partial charge in [0.25, 0.3) is 0 Å². The van der Waals surface area contributed by atoms with Gasteiger partial charge in [0.1, 0.15) is 0 Å². The fourth-order valence-corrected chi connectivity index (χ4v) is 9.53. The maximum atomic E-state index is 2.55. The van der Waals surface area contributed by atoms with Gasteiger partial charge in [-0.25, -0.2) is 0 Å². The summed E-state index contributed by atoms with van der Waals surface area (Å²) < 4.78 is 5.10. The molecule has 4 aromatic rings. The average molecular weight is 559 g/mol. The van der Waals surface area contributed by atoms with E-state index in [9.17, 15) is 0 Å². The van der Waals surface area contributed by atoms with E-state index in [1.807, 2.05) is 0 Å². The Labute approximate surface area is 185 Å². The molecule has 0 fully saturated rings. The van der Waals surface area contributed by atoms with Gasteiger partial charge in [-0.1, -0.05) is 0 Å². The molecule has 0 radical (unpaired) electrons. The molecule has 0 nitrogen and oxygen atoms in total. The second-order valence-corrected chi connectivity index (χ2v) is 11.9. The first-order chi connectivity index (χ1) is 14.4. The van der Waals surface area contributed by atoms with Crippen molar-refractivity contribution < 1.29 is 24.6 Å². The third-order valence-electron chi connectivity index (χ3n) is 4.98. The van der Waals surface area contributed by atoms with Crippen molar-refractivity contribution >= 4 is 11.1 Å². The summed E-state index contributed by atoms with van der Waals surface area (Å²) in [6, 6.07) is 43.0. The van der Waals surface area contributed by atoms with Gasteiger partial charge in [0.05, 0.1) is 0 Å². The van der Waals surface area contributed by atoms with E-state index in [1.54, 1.807) is 0 Å². The number of rotatable bonds is 6. The summed E-state index contributed by atoms with van der Waals surface area (Å²) in [5.41, 5.74) is 7.93. The number of hydrogen-bond acceptors (Lipinski definition) is 0. The third-order valence-corrected chi connectivity index (χ3v) is 9.99. The van der Waals surface area contributed by atoms with Gasteiger partial charge < -0.3 is 0 Å². The molecule has 0 atom stereocenters. The summed E-state index contributed by atoms with van der Waals surface area (Å²) in [5, 5.41) is 0. The second-order valence-electron chi connectivity index (χ2n) is 6.94. The molecule has 29 heavy (non-hydrogen) atoms. The van der Waals surface area contributed by atoms with Crippen LogP contribution < -0.4 is 0 Å². The van der Waals surface area contributed by atoms with Gasteiger partial charge in [-0.3, -0.25) is 0 Å². The Morgan fingerprint density at radius 2 is 0.621 bits per heavy atom. The zero-order valence-electron chi connectivity index (χ0n) is 16.4. The Morgan fingerprint density at radius 1 is 0.379 bits per heavy atom. The Balaban J connectivity index is 1.72. The van der Waals surface area contributed by atoms with Gasteiger partial charge in [-0.15, -0.1) is 0 Å². The zero-order valence-corrected chi connectivity index (χ0v) is 21.9. The van der Waals surface area contributed by atoms with Crippen molar-refractivity contribution in [2.24, 2.45) is 0 Å². The summed E-state index contributed by atoms with van der Waals surface area (Å²) in [4.78, 5) is 0. The molecule has 0 N–H and O–H groups in total. The van der Waals surface area contributed by atoms with Crippen molar-refractivity contribution in [3.63, 3.8) is 0 Å². The van der Waals surface area contributed by atoms with E-state index >= 15 is 0 Å². The van der Waals surface area contributed by atoms with Gasteiger partial charge >= 0.3 is 186 Å². The van der Waals surface area contributed by atoms with Crippen LogP contribution in [0.15, 0.2) is 128 Å². The molecule has 136 valence electrons. The number of hydrogen-bond donors (Lipinski definition) is 0. The molecule has 0 aliphatic heterocycles. The van der Waals surface area contributed by atoms with Crippen molar-refractivity contribution in [1.29, 1.82) is 0 Å². The van der Waals surface area contributed by atoms with Gasteiger partial charge in [0.2, 0.25) is 0 Å². The first-order valence-corrected chi connectivity index (χ1v) is 16.4. The fraction of sp³-hybridized carbons (Fsp3) is 0. The SMILES string of the molecule is [CH]([Hg][CH]=C(c1ccccc1)c1ccccc1)=C(c1ccccc1)c1ccccc1. The molecule has 0 saturated heterocycles. The van der Waals surface area contributed by atoms with Crippen LogP contribution >= 0.6 is 0 Å². The van der Waals surface area contributed by atoms with Crippen LogP contribution in [0, 0.1) is 0 Å². The molecular formula is C28H22Hg. The summed E-state index contributed by atoms with van der Waals surface area (Å²) in [6.45, 7) is 0. The number of benzene rings is 4. The van der Waals surface area contributed by atoms with Crippen molar-refractivity contribution in [3.8, 4) is 0 Å². The van der Waals surface area contributed by atoms with Crippen molar-refractivity contribution in [2.45, 2.75) is 0 Å². The van der Waals surface area contributed by atoms with E-state index in [0.29, 0.717) is 0 Å². The van der Waals surface area contributed by atoms with E-state index in [4.69, 9.17) is 0 Å². The molecular weight excluding hydrogens is 537 g/mol. The molecule has 0 unspecified atom stereocenters. The molecule has 1 heteroatoms. The minimum atomic E-state index is -1.45. The van der Waals surface area contributed by atoms with Crippen LogP contribution in [0.5, 0.6) is 0 Å². The van der Waals surface area contributed by atoms with Crippen LogP contribution in [-0.4, -0.2) is 0 Å². The molecule has 4 rings (SSSR count). The Bertz CT molecular complexity index is 906. The monoisotopic (exact) mass is 560 g/mol. The molecule has 0 aromatic heterocycles. The van der Waals surface area contributed by atoms with Gasteiger partial charge in [-0.2, -0.15) is 0 Å². The normalized spacial score (nSPS) is 9.93. The molecule has 0 bridgehead atoms. The van der Waals surface area contributed by atoms with E-state index in [2.05, 4.69) is 128 Å². The Morgan fingerprint density at radius 3 is 0.862 bits per heavy atom. The molecule has 0 aliphatic carbocycles. The van der Waals surface area contributed by atoms with E-state index in [-0.39, 0.29) is 0 Å². The molecule has 0 heterocycles. The summed E-state index contributed by atoms with van der Waals surface area (Å²) in [6.07, 6.45) is 0. The quantitative estimate of drug-likeness (QED) is 0.219. The van der Waals surface area contributed by atoms with Crippen molar-refractivity contribution in [1.82, 2.24) is 0 Å². The predicted molar refractivity (Wildman–Crippen MR) is 120 cm³/mol. The standard InChI is InChI=1S/2C14H11.Hg/c2*1-12(13-8-4-2-5-9-13)14-10-6-3-7-11-14;/h2*1-11H;. The van der Waals surface area contributed by atoms with Gasteiger partial charge in [-0.05, 0) is 0 Å². The first-order valence-electron chi connectivity index (χ1n) is 10.0. The topological polar surface area (TPSA) is 0 Å². The van der Waals surface area contributed by atoms with E-state index < -0.39 is 24.6 Å². The van der Waals surface area contributed by atoms with Crippen molar-refractivity contribution in [2.75, 3.05) is 0 Å². The predicted octanol–water partition coefficient (Wildman–Crippen LogP) is 7.25. The maximum absolute atomic E-state index is 2.55. The second kappa shape index (κ2) is 10.2. The van der Waals surface area contributed by atoms with Gasteiger partial charge in [0, 0.05) is 0 Å². The van der Waals surface area contributed by atoms with Crippen LogP contribution in [-0.2, 0) is 24.6 Å². The fourth-order valence-electron chi connectivity index (χ4n) is 3.57. The van der Waals surface area contributed by atoms with Crippen molar-refractivity contribution in [3.05, 3.63) is 151 Å². The van der Waals surface area contributed by atoms with E-state index in [0.717, 1.165) is 0 Å². The molecule has 0 aliphatic rings. The summed E-state index contributed by atoms with van der Waals surface area (Å²) >= 11 is -1.45. The van der Waals surface area contributed by atoms with Crippen LogP contribution in [0.4, 0.5) is 0 Å². The average Bonchev–Trinajstić information content (AvgIpc) is 2.81. The van der Waals surface area contributed by atoms with Crippen LogP contribution in [0.2, 0.25) is 0 Å². The van der Waals surface area contributed by atoms with Crippen LogP contribution in [0.1, 0.15) is 22.3 Å². The first kappa shape index (κ1) is 19.6. The summed E-state index contributed by atoms with van der Waals surface area (Å²) in [7, 11) is 0. The Kier molecular flexibility index (Phi) is 6.88. The van der Waals surface area contributed by atoms with Gasteiger partial charge in [0.15, 0.2) is 0 Å². The van der Waals surface area contributed by atoms with Crippen LogP contribution in [0.25, 0.3) is 11.1 Å². The van der Waals surface area contributed by atoms with Crippen LogP contribution in [0.3, 0.4) is 0 Å². The van der Waals surface area contributed by atoms with E-state index in [1.165, 1.54) is 33.4 Å². The zero-order chi connectivity index (χ0) is 19.7. The molecule has 0 saturated carbocycles. The molecule has 4 aromatic carbocycles. The summed E-state index contributed by atoms with van der Waals surface area (Å²) in [5.74, 6) is 0. The third kappa shape index (κ3) is 5.22. The Hall–Kier alpha value is -2.70.